The molecule has 26 heavy (non-hydrogen) atoms. The van der Waals surface area contributed by atoms with Crippen molar-refractivity contribution in [2.24, 2.45) is 13.0 Å². The Bertz CT molecular complexity index is 807. The molecule has 0 aliphatic heterocycles. The largest absolute Gasteiger partial charge is 0.345 e. The highest BCUT2D eigenvalue weighted by Gasteiger charge is 2.27. The van der Waals surface area contributed by atoms with Crippen molar-refractivity contribution in [1.82, 2.24) is 15.1 Å². The highest BCUT2D eigenvalue weighted by Crippen LogP contribution is 2.35. The lowest BCUT2D eigenvalue weighted by Crippen LogP contribution is -2.31. The lowest BCUT2D eigenvalue weighted by molar-refractivity contribution is -0.117. The highest BCUT2D eigenvalue weighted by molar-refractivity contribution is 6.31. The Morgan fingerprint density at radius 1 is 1.35 bits per heavy atom. The summed E-state index contributed by atoms with van der Waals surface area (Å²) in [5, 5.41) is 7.82. The summed E-state index contributed by atoms with van der Waals surface area (Å²) in [5.74, 6) is -0.0843. The van der Waals surface area contributed by atoms with Crippen LogP contribution in [-0.2, 0) is 11.8 Å². The van der Waals surface area contributed by atoms with Crippen LogP contribution in [0, 0.1) is 18.7 Å². The van der Waals surface area contributed by atoms with Gasteiger partial charge < -0.3 is 5.32 Å². The third kappa shape index (κ3) is 4.15. The average Bonchev–Trinajstić information content (AvgIpc) is 3.22. The third-order valence-electron chi connectivity index (χ3n) is 5.00. The Morgan fingerprint density at radius 3 is 2.58 bits per heavy atom. The van der Waals surface area contributed by atoms with Gasteiger partial charge >= 0.3 is 0 Å². The summed E-state index contributed by atoms with van der Waals surface area (Å²) in [4.78, 5) is 12.5. The molecule has 0 bridgehead atoms. The Kier molecular flexibility index (Phi) is 5.77. The number of carbonyl (C=O) groups excluding carboxylic acids is 1. The number of halogens is 2. The van der Waals surface area contributed by atoms with Crippen LogP contribution in [0.1, 0.15) is 48.5 Å². The standard InChI is InChI=1S/C20H23ClFN3O/c1-13-17(20(21)25(2)24-13)11-12-18(26)23-19(14-5-3-4-6-14)15-7-9-16(22)10-8-15/h7-12,14,19H,3-6H2,1-2H3,(H,23,26). The molecule has 1 aromatic carbocycles. The number of hydrogen-bond donors (Lipinski definition) is 1. The predicted molar refractivity (Wildman–Crippen MR) is 101 cm³/mol. The van der Waals surface area contributed by atoms with Gasteiger partial charge in [-0.25, -0.2) is 4.39 Å². The molecule has 0 radical (unpaired) electrons. The lowest BCUT2D eigenvalue weighted by atomic mass is 9.91. The number of nitrogens with one attached hydrogen (secondary N) is 1. The van der Waals surface area contributed by atoms with Gasteiger partial charge in [-0.2, -0.15) is 5.10 Å². The van der Waals surface area contributed by atoms with E-state index >= 15 is 0 Å². The first-order chi connectivity index (χ1) is 12.5. The van der Waals surface area contributed by atoms with Gasteiger partial charge in [0.05, 0.1) is 11.7 Å². The summed E-state index contributed by atoms with van der Waals surface area (Å²) in [7, 11) is 1.76. The minimum absolute atomic E-state index is 0.110. The number of carbonyl (C=O) groups is 1. The van der Waals surface area contributed by atoms with Gasteiger partial charge in [0.1, 0.15) is 11.0 Å². The molecule has 1 aliphatic carbocycles. The van der Waals surface area contributed by atoms with Crippen molar-refractivity contribution in [3.8, 4) is 0 Å². The first-order valence-corrected chi connectivity index (χ1v) is 9.26. The van der Waals surface area contributed by atoms with Gasteiger partial charge in [0.25, 0.3) is 0 Å². The van der Waals surface area contributed by atoms with Crippen LogP contribution in [0.2, 0.25) is 5.15 Å². The van der Waals surface area contributed by atoms with E-state index in [-0.39, 0.29) is 17.8 Å². The molecule has 1 aromatic heterocycles. The minimum atomic E-state index is -0.271. The number of hydrogen-bond acceptors (Lipinski definition) is 2. The Hall–Kier alpha value is -2.14. The zero-order valence-corrected chi connectivity index (χ0v) is 15.8. The average molecular weight is 376 g/mol. The smallest absolute Gasteiger partial charge is 0.244 e. The van der Waals surface area contributed by atoms with Crippen LogP contribution in [-0.4, -0.2) is 15.7 Å². The predicted octanol–water partition coefficient (Wildman–Crippen LogP) is 4.58. The van der Waals surface area contributed by atoms with Crippen LogP contribution in [0.4, 0.5) is 4.39 Å². The van der Waals surface area contributed by atoms with E-state index in [1.54, 1.807) is 29.9 Å². The summed E-state index contributed by atoms with van der Waals surface area (Å²) in [5.41, 5.74) is 2.45. The van der Waals surface area contributed by atoms with Gasteiger partial charge in [-0.3, -0.25) is 9.48 Å². The molecule has 1 amide bonds. The normalized spacial score (nSPS) is 16.3. The maximum absolute atomic E-state index is 13.3. The van der Waals surface area contributed by atoms with E-state index in [4.69, 9.17) is 11.6 Å². The van der Waals surface area contributed by atoms with Gasteiger partial charge in [-0.1, -0.05) is 36.6 Å². The van der Waals surface area contributed by atoms with Crippen molar-refractivity contribution in [3.05, 3.63) is 58.1 Å². The fourth-order valence-electron chi connectivity index (χ4n) is 3.63. The van der Waals surface area contributed by atoms with E-state index in [2.05, 4.69) is 10.4 Å². The molecule has 1 heterocycles. The van der Waals surface area contributed by atoms with Crippen LogP contribution in [0.25, 0.3) is 6.08 Å². The molecule has 2 aromatic rings. The summed E-state index contributed by atoms with van der Waals surface area (Å²) in [6.07, 6.45) is 7.65. The van der Waals surface area contributed by atoms with Crippen molar-refractivity contribution < 1.29 is 9.18 Å². The van der Waals surface area contributed by atoms with Crippen LogP contribution in [0.5, 0.6) is 0 Å². The first-order valence-electron chi connectivity index (χ1n) is 8.89. The van der Waals surface area contributed by atoms with Gasteiger partial charge in [0.2, 0.25) is 5.91 Å². The quantitative estimate of drug-likeness (QED) is 0.777. The van der Waals surface area contributed by atoms with Crippen LogP contribution < -0.4 is 5.32 Å². The van der Waals surface area contributed by atoms with E-state index in [0.717, 1.165) is 29.7 Å². The van der Waals surface area contributed by atoms with Crippen LogP contribution >= 0.6 is 11.6 Å². The summed E-state index contributed by atoms with van der Waals surface area (Å²) in [6, 6.07) is 6.28. The molecule has 138 valence electrons. The summed E-state index contributed by atoms with van der Waals surface area (Å²) in [6.45, 7) is 1.85. The summed E-state index contributed by atoms with van der Waals surface area (Å²) >= 11 is 6.20. The van der Waals surface area contributed by atoms with Crippen molar-refractivity contribution >= 4 is 23.6 Å². The molecule has 1 atom stereocenters. The molecular formula is C20H23ClFN3O. The fourth-order valence-corrected chi connectivity index (χ4v) is 3.87. The maximum Gasteiger partial charge on any atom is 0.244 e. The Morgan fingerprint density at radius 2 is 2.00 bits per heavy atom. The first kappa shape index (κ1) is 18.6. The molecule has 0 saturated heterocycles. The minimum Gasteiger partial charge on any atom is -0.345 e. The number of benzene rings is 1. The lowest BCUT2D eigenvalue weighted by Gasteiger charge is -2.24. The number of aromatic nitrogens is 2. The molecule has 1 aliphatic rings. The number of aryl methyl sites for hydroxylation is 2. The van der Waals surface area contributed by atoms with Crippen molar-refractivity contribution in [1.29, 1.82) is 0 Å². The van der Waals surface area contributed by atoms with Gasteiger partial charge in [0, 0.05) is 18.7 Å². The van der Waals surface area contributed by atoms with Gasteiger partial charge in [0.15, 0.2) is 0 Å². The second-order valence-corrected chi connectivity index (χ2v) is 7.19. The molecular weight excluding hydrogens is 353 g/mol. The Labute approximate surface area is 158 Å². The molecule has 4 nitrogen and oxygen atoms in total. The SMILES string of the molecule is Cc1nn(C)c(Cl)c1C=CC(=O)NC(c1ccc(F)cc1)C1CCCC1. The monoisotopic (exact) mass is 375 g/mol. The number of rotatable bonds is 5. The zero-order valence-electron chi connectivity index (χ0n) is 15.0. The van der Waals surface area contributed by atoms with Gasteiger partial charge in [-0.05, 0) is 49.5 Å². The fraction of sp³-hybridized carbons (Fsp3) is 0.400. The van der Waals surface area contributed by atoms with E-state index in [9.17, 15) is 9.18 Å². The molecule has 3 rings (SSSR count). The molecule has 1 fully saturated rings. The molecule has 1 unspecified atom stereocenters. The van der Waals surface area contributed by atoms with Crippen LogP contribution in [0.3, 0.4) is 0 Å². The van der Waals surface area contributed by atoms with E-state index in [1.165, 1.54) is 31.1 Å². The third-order valence-corrected chi connectivity index (χ3v) is 5.44. The molecule has 1 N–H and O–H groups in total. The topological polar surface area (TPSA) is 46.9 Å². The molecule has 0 spiro atoms. The van der Waals surface area contributed by atoms with Crippen LogP contribution in [0.15, 0.2) is 30.3 Å². The second kappa shape index (κ2) is 8.04. The van der Waals surface area contributed by atoms with E-state index in [1.807, 2.05) is 6.92 Å². The van der Waals surface area contributed by atoms with Crippen molar-refractivity contribution in [3.63, 3.8) is 0 Å². The summed E-state index contributed by atoms with van der Waals surface area (Å²) < 4.78 is 14.8. The van der Waals surface area contributed by atoms with Gasteiger partial charge in [-0.15, -0.1) is 0 Å². The number of amides is 1. The maximum atomic E-state index is 13.3. The van der Waals surface area contributed by atoms with Crippen molar-refractivity contribution in [2.45, 2.75) is 38.6 Å². The zero-order chi connectivity index (χ0) is 18.7. The number of nitrogens with zero attached hydrogens (tertiary/aromatic N) is 2. The van der Waals surface area contributed by atoms with E-state index < -0.39 is 0 Å². The molecule has 6 heteroatoms. The van der Waals surface area contributed by atoms with Crippen molar-refractivity contribution in [2.75, 3.05) is 0 Å². The molecule has 1 saturated carbocycles. The van der Waals surface area contributed by atoms with E-state index in [0.29, 0.717) is 11.1 Å². The Balaban J connectivity index is 1.76. The highest BCUT2D eigenvalue weighted by atomic mass is 35.5. The second-order valence-electron chi connectivity index (χ2n) is 6.83.